The number of nitrogens with zero attached hydrogens (tertiary/aromatic N) is 1. The quantitative estimate of drug-likeness (QED) is 0.683. The second kappa shape index (κ2) is 2.78. The highest BCUT2D eigenvalue weighted by Crippen LogP contribution is 2.21. The van der Waals surface area contributed by atoms with E-state index in [9.17, 15) is 9.90 Å². The highest BCUT2D eigenvalue weighted by Gasteiger charge is 2.24. The van der Waals surface area contributed by atoms with Crippen molar-refractivity contribution in [3.63, 3.8) is 0 Å². The number of pyridine rings is 1. The van der Waals surface area contributed by atoms with Gasteiger partial charge >= 0.3 is 0 Å². The zero-order valence-electron chi connectivity index (χ0n) is 8.16. The predicted octanol–water partition coefficient (Wildman–Crippen LogP) is 0.552. The first-order chi connectivity index (χ1) is 6.48. The SMILES string of the molecule is CC(C)(O)c1ccc2c(n1)C(=O)NC2. The Morgan fingerprint density at radius 2 is 2.21 bits per heavy atom. The molecular weight excluding hydrogens is 180 g/mol. The van der Waals surface area contributed by atoms with Gasteiger partial charge in [0.2, 0.25) is 0 Å². The largest absolute Gasteiger partial charge is 0.384 e. The highest BCUT2D eigenvalue weighted by atomic mass is 16.3. The summed E-state index contributed by atoms with van der Waals surface area (Å²) in [4.78, 5) is 15.4. The number of aromatic nitrogens is 1. The fraction of sp³-hybridized carbons (Fsp3) is 0.400. The number of hydrogen-bond acceptors (Lipinski definition) is 3. The average molecular weight is 192 g/mol. The number of nitrogens with one attached hydrogen (secondary N) is 1. The Bertz CT molecular complexity index is 394. The Labute approximate surface area is 82.0 Å². The van der Waals surface area contributed by atoms with Gasteiger partial charge in [-0.15, -0.1) is 0 Å². The molecule has 0 atom stereocenters. The number of hydrogen-bond donors (Lipinski definition) is 2. The maximum absolute atomic E-state index is 11.3. The standard InChI is InChI=1S/C10H12N2O2/c1-10(2,14)7-4-3-6-5-11-9(13)8(6)12-7/h3-4,14H,5H2,1-2H3,(H,11,13). The summed E-state index contributed by atoms with van der Waals surface area (Å²) in [5.74, 6) is -0.161. The van der Waals surface area contributed by atoms with E-state index in [0.717, 1.165) is 5.56 Å². The third-order valence-electron chi connectivity index (χ3n) is 2.26. The molecule has 0 fully saturated rings. The maximum atomic E-state index is 11.3. The molecule has 0 spiro atoms. The molecule has 0 saturated heterocycles. The normalized spacial score (nSPS) is 15.2. The minimum absolute atomic E-state index is 0.161. The molecule has 1 aromatic rings. The van der Waals surface area contributed by atoms with Crippen LogP contribution in [0.5, 0.6) is 0 Å². The van der Waals surface area contributed by atoms with E-state index in [2.05, 4.69) is 10.3 Å². The van der Waals surface area contributed by atoms with E-state index >= 15 is 0 Å². The average Bonchev–Trinajstić information content (AvgIpc) is 2.46. The van der Waals surface area contributed by atoms with E-state index < -0.39 is 5.60 Å². The second-order valence-corrected chi connectivity index (χ2v) is 3.95. The maximum Gasteiger partial charge on any atom is 0.270 e. The topological polar surface area (TPSA) is 62.2 Å². The Hall–Kier alpha value is -1.42. The van der Waals surface area contributed by atoms with Crippen LogP contribution >= 0.6 is 0 Å². The van der Waals surface area contributed by atoms with Crippen LogP contribution in [-0.4, -0.2) is 16.0 Å². The van der Waals surface area contributed by atoms with Gasteiger partial charge in [-0.25, -0.2) is 4.98 Å². The Morgan fingerprint density at radius 3 is 2.86 bits per heavy atom. The summed E-state index contributed by atoms with van der Waals surface area (Å²) in [7, 11) is 0. The summed E-state index contributed by atoms with van der Waals surface area (Å²) in [6.45, 7) is 3.83. The summed E-state index contributed by atoms with van der Waals surface area (Å²) in [6, 6.07) is 3.58. The van der Waals surface area contributed by atoms with Crippen molar-refractivity contribution in [3.05, 3.63) is 29.1 Å². The molecule has 0 aromatic carbocycles. The lowest BCUT2D eigenvalue weighted by molar-refractivity contribution is 0.0735. The van der Waals surface area contributed by atoms with Crippen molar-refractivity contribution in [1.29, 1.82) is 0 Å². The monoisotopic (exact) mass is 192 g/mol. The minimum Gasteiger partial charge on any atom is -0.384 e. The number of aliphatic hydroxyl groups is 1. The van der Waals surface area contributed by atoms with Crippen LogP contribution in [0, 0.1) is 0 Å². The molecule has 0 radical (unpaired) electrons. The smallest absolute Gasteiger partial charge is 0.270 e. The first-order valence-electron chi connectivity index (χ1n) is 4.49. The van der Waals surface area contributed by atoms with Crippen molar-refractivity contribution in [2.24, 2.45) is 0 Å². The number of carbonyl (C=O) groups excluding carboxylic acids is 1. The van der Waals surface area contributed by atoms with Gasteiger partial charge in [-0.3, -0.25) is 4.79 Å². The molecule has 4 heteroatoms. The molecule has 0 saturated carbocycles. The fourth-order valence-electron chi connectivity index (χ4n) is 1.43. The lowest BCUT2D eigenvalue weighted by atomic mass is 10.0. The molecule has 1 aromatic heterocycles. The van der Waals surface area contributed by atoms with Crippen LogP contribution in [0.2, 0.25) is 0 Å². The van der Waals surface area contributed by atoms with Crippen LogP contribution in [-0.2, 0) is 12.1 Å². The van der Waals surface area contributed by atoms with Gasteiger partial charge in [0.1, 0.15) is 11.3 Å². The lowest BCUT2D eigenvalue weighted by Gasteiger charge is -2.16. The van der Waals surface area contributed by atoms with Crippen molar-refractivity contribution in [3.8, 4) is 0 Å². The molecule has 0 unspecified atom stereocenters. The van der Waals surface area contributed by atoms with Gasteiger partial charge in [-0.05, 0) is 19.9 Å². The van der Waals surface area contributed by atoms with E-state index in [0.29, 0.717) is 17.9 Å². The summed E-state index contributed by atoms with van der Waals surface area (Å²) in [5.41, 5.74) is 0.846. The molecule has 74 valence electrons. The molecule has 2 N–H and O–H groups in total. The van der Waals surface area contributed by atoms with Crippen LogP contribution < -0.4 is 5.32 Å². The summed E-state index contributed by atoms with van der Waals surface area (Å²) in [6.07, 6.45) is 0. The number of amides is 1. The molecule has 1 aliphatic heterocycles. The Kier molecular flexibility index (Phi) is 1.82. The zero-order chi connectivity index (χ0) is 10.3. The Balaban J connectivity index is 2.50. The van der Waals surface area contributed by atoms with Gasteiger partial charge in [0.15, 0.2) is 0 Å². The predicted molar refractivity (Wildman–Crippen MR) is 50.7 cm³/mol. The summed E-state index contributed by atoms with van der Waals surface area (Å²) >= 11 is 0. The van der Waals surface area contributed by atoms with Gasteiger partial charge in [0, 0.05) is 12.1 Å². The molecule has 2 rings (SSSR count). The third-order valence-corrected chi connectivity index (χ3v) is 2.26. The van der Waals surface area contributed by atoms with E-state index in [1.807, 2.05) is 6.07 Å². The first-order valence-corrected chi connectivity index (χ1v) is 4.49. The number of rotatable bonds is 1. The second-order valence-electron chi connectivity index (χ2n) is 3.95. The van der Waals surface area contributed by atoms with Crippen molar-refractivity contribution >= 4 is 5.91 Å². The summed E-state index contributed by atoms with van der Waals surface area (Å²) < 4.78 is 0. The molecule has 0 bridgehead atoms. The van der Waals surface area contributed by atoms with Gasteiger partial charge < -0.3 is 10.4 Å². The molecule has 14 heavy (non-hydrogen) atoms. The molecule has 2 heterocycles. The molecule has 4 nitrogen and oxygen atoms in total. The van der Waals surface area contributed by atoms with Gasteiger partial charge in [-0.2, -0.15) is 0 Å². The lowest BCUT2D eigenvalue weighted by Crippen LogP contribution is -2.19. The molecule has 0 aliphatic carbocycles. The third kappa shape index (κ3) is 1.37. The van der Waals surface area contributed by atoms with E-state index in [-0.39, 0.29) is 5.91 Å². The van der Waals surface area contributed by atoms with E-state index in [1.54, 1.807) is 19.9 Å². The number of carbonyl (C=O) groups is 1. The molecular formula is C10H12N2O2. The van der Waals surface area contributed by atoms with Crippen LogP contribution in [0.25, 0.3) is 0 Å². The highest BCUT2D eigenvalue weighted by molar-refractivity contribution is 5.96. The first kappa shape index (κ1) is 9.15. The Morgan fingerprint density at radius 1 is 1.50 bits per heavy atom. The van der Waals surface area contributed by atoms with Crippen LogP contribution in [0.1, 0.15) is 35.6 Å². The molecule has 1 amide bonds. The number of fused-ring (bicyclic) bond motifs is 1. The van der Waals surface area contributed by atoms with E-state index in [1.165, 1.54) is 0 Å². The summed E-state index contributed by atoms with van der Waals surface area (Å²) in [5, 5.41) is 12.4. The van der Waals surface area contributed by atoms with Crippen LogP contribution in [0.3, 0.4) is 0 Å². The van der Waals surface area contributed by atoms with Crippen LogP contribution in [0.15, 0.2) is 12.1 Å². The van der Waals surface area contributed by atoms with Crippen molar-refractivity contribution in [2.75, 3.05) is 0 Å². The van der Waals surface area contributed by atoms with Crippen LogP contribution in [0.4, 0.5) is 0 Å². The minimum atomic E-state index is -1.00. The molecule has 1 aliphatic rings. The van der Waals surface area contributed by atoms with E-state index in [4.69, 9.17) is 0 Å². The van der Waals surface area contributed by atoms with Crippen molar-refractivity contribution < 1.29 is 9.90 Å². The van der Waals surface area contributed by atoms with Crippen molar-refractivity contribution in [2.45, 2.75) is 26.0 Å². The zero-order valence-corrected chi connectivity index (χ0v) is 8.16. The van der Waals surface area contributed by atoms with Crippen molar-refractivity contribution in [1.82, 2.24) is 10.3 Å². The van der Waals surface area contributed by atoms with Gasteiger partial charge in [0.05, 0.1) is 5.69 Å². The van der Waals surface area contributed by atoms with Gasteiger partial charge in [0.25, 0.3) is 5.91 Å². The fourth-order valence-corrected chi connectivity index (χ4v) is 1.43. The van der Waals surface area contributed by atoms with Gasteiger partial charge in [-0.1, -0.05) is 6.07 Å².